The predicted molar refractivity (Wildman–Crippen MR) is 85.6 cm³/mol. The molecule has 108 valence electrons. The van der Waals surface area contributed by atoms with Crippen molar-refractivity contribution in [3.8, 4) is 0 Å². The van der Waals surface area contributed by atoms with Crippen LogP contribution < -0.4 is 5.32 Å². The number of hydrogen-bond donors (Lipinski definition) is 1. The highest BCUT2D eigenvalue weighted by atomic mass is 14.9. The molecule has 0 fully saturated rings. The fraction of sp³-hybridized carbons (Fsp3) is 0.667. The van der Waals surface area contributed by atoms with Gasteiger partial charge in [0.05, 0.1) is 0 Å². The van der Waals surface area contributed by atoms with Crippen LogP contribution in [0.25, 0.3) is 0 Å². The van der Waals surface area contributed by atoms with Gasteiger partial charge in [0, 0.05) is 6.04 Å². The molecule has 1 aromatic rings. The first-order chi connectivity index (χ1) is 9.33. The van der Waals surface area contributed by atoms with Crippen LogP contribution in [0, 0.1) is 0 Å². The topological polar surface area (TPSA) is 12.0 Å². The van der Waals surface area contributed by atoms with Crippen molar-refractivity contribution in [1.82, 2.24) is 5.32 Å². The Kier molecular flexibility index (Phi) is 9.44. The van der Waals surface area contributed by atoms with Crippen LogP contribution in [0.1, 0.15) is 64.4 Å². The second kappa shape index (κ2) is 11.0. The SMILES string of the molecule is CCCCCCC(C)NCCCCc1ccccc1. The van der Waals surface area contributed by atoms with Crippen molar-refractivity contribution in [3.05, 3.63) is 35.9 Å². The molecule has 1 aromatic carbocycles. The van der Waals surface area contributed by atoms with Crippen LogP contribution in [-0.2, 0) is 6.42 Å². The van der Waals surface area contributed by atoms with E-state index in [1.165, 1.54) is 63.5 Å². The molecule has 0 bridgehead atoms. The number of hydrogen-bond acceptors (Lipinski definition) is 1. The Labute approximate surface area is 119 Å². The zero-order valence-corrected chi connectivity index (χ0v) is 12.8. The molecule has 1 heteroatoms. The maximum atomic E-state index is 3.65. The minimum absolute atomic E-state index is 0.689. The molecule has 1 N–H and O–H groups in total. The fourth-order valence-corrected chi connectivity index (χ4v) is 2.43. The predicted octanol–water partition coefficient (Wildman–Crippen LogP) is 4.96. The second-order valence-electron chi connectivity index (χ2n) is 5.65. The van der Waals surface area contributed by atoms with Gasteiger partial charge in [-0.1, -0.05) is 62.9 Å². The van der Waals surface area contributed by atoms with E-state index in [0.717, 1.165) is 0 Å². The largest absolute Gasteiger partial charge is 0.314 e. The lowest BCUT2D eigenvalue weighted by atomic mass is 10.1. The van der Waals surface area contributed by atoms with Gasteiger partial charge in [-0.15, -0.1) is 0 Å². The van der Waals surface area contributed by atoms with Crippen molar-refractivity contribution in [3.63, 3.8) is 0 Å². The molecule has 1 unspecified atom stereocenters. The van der Waals surface area contributed by atoms with Gasteiger partial charge in [0.25, 0.3) is 0 Å². The monoisotopic (exact) mass is 261 g/mol. The van der Waals surface area contributed by atoms with Gasteiger partial charge in [-0.2, -0.15) is 0 Å². The number of aryl methyl sites for hydroxylation is 1. The smallest absolute Gasteiger partial charge is 0.00387 e. The Morgan fingerprint density at radius 2 is 1.74 bits per heavy atom. The van der Waals surface area contributed by atoms with Crippen LogP contribution in [-0.4, -0.2) is 12.6 Å². The normalized spacial score (nSPS) is 12.5. The van der Waals surface area contributed by atoms with Gasteiger partial charge in [-0.05, 0) is 44.7 Å². The van der Waals surface area contributed by atoms with Crippen molar-refractivity contribution >= 4 is 0 Å². The first-order valence-electron chi connectivity index (χ1n) is 8.10. The molecule has 0 saturated carbocycles. The van der Waals surface area contributed by atoms with Crippen LogP contribution in [0.15, 0.2) is 30.3 Å². The molecule has 1 rings (SSSR count). The molecule has 0 radical (unpaired) electrons. The first-order valence-corrected chi connectivity index (χ1v) is 8.10. The standard InChI is InChI=1S/C18H31N/c1-3-4-5-7-12-17(2)19-16-11-10-15-18-13-8-6-9-14-18/h6,8-9,13-14,17,19H,3-5,7,10-12,15-16H2,1-2H3. The molecule has 0 amide bonds. The summed E-state index contributed by atoms with van der Waals surface area (Å²) in [7, 11) is 0. The number of benzene rings is 1. The quantitative estimate of drug-likeness (QED) is 0.555. The molecular weight excluding hydrogens is 230 g/mol. The minimum Gasteiger partial charge on any atom is -0.314 e. The van der Waals surface area contributed by atoms with E-state index in [2.05, 4.69) is 49.5 Å². The van der Waals surface area contributed by atoms with E-state index in [0.29, 0.717) is 6.04 Å². The van der Waals surface area contributed by atoms with Crippen molar-refractivity contribution in [2.75, 3.05) is 6.54 Å². The summed E-state index contributed by atoms with van der Waals surface area (Å²) in [5, 5.41) is 3.65. The maximum absolute atomic E-state index is 3.65. The summed E-state index contributed by atoms with van der Waals surface area (Å²) in [5.41, 5.74) is 1.47. The number of unbranched alkanes of at least 4 members (excludes halogenated alkanes) is 4. The number of rotatable bonds is 11. The van der Waals surface area contributed by atoms with Gasteiger partial charge < -0.3 is 5.32 Å². The summed E-state index contributed by atoms with van der Waals surface area (Å²) >= 11 is 0. The lowest BCUT2D eigenvalue weighted by Crippen LogP contribution is -2.26. The summed E-state index contributed by atoms with van der Waals surface area (Å²) in [6.45, 7) is 5.76. The summed E-state index contributed by atoms with van der Waals surface area (Å²) < 4.78 is 0. The Morgan fingerprint density at radius 3 is 2.47 bits per heavy atom. The Balaban J connectivity index is 1.92. The molecule has 0 aliphatic heterocycles. The average molecular weight is 261 g/mol. The van der Waals surface area contributed by atoms with Gasteiger partial charge >= 0.3 is 0 Å². The Morgan fingerprint density at radius 1 is 0.947 bits per heavy atom. The highest BCUT2D eigenvalue weighted by molar-refractivity contribution is 5.14. The van der Waals surface area contributed by atoms with Crippen LogP contribution in [0.5, 0.6) is 0 Å². The summed E-state index contributed by atoms with van der Waals surface area (Å²) in [6.07, 6.45) is 10.6. The van der Waals surface area contributed by atoms with Crippen molar-refractivity contribution in [1.29, 1.82) is 0 Å². The summed E-state index contributed by atoms with van der Waals surface area (Å²) in [6, 6.07) is 11.5. The summed E-state index contributed by atoms with van der Waals surface area (Å²) in [4.78, 5) is 0. The third-order valence-corrected chi connectivity index (χ3v) is 3.72. The van der Waals surface area contributed by atoms with E-state index in [1.54, 1.807) is 0 Å². The molecule has 0 spiro atoms. The van der Waals surface area contributed by atoms with Gasteiger partial charge in [0.1, 0.15) is 0 Å². The van der Waals surface area contributed by atoms with E-state index < -0.39 is 0 Å². The zero-order valence-electron chi connectivity index (χ0n) is 12.8. The van der Waals surface area contributed by atoms with E-state index in [1.807, 2.05) is 0 Å². The molecule has 0 heterocycles. The lowest BCUT2D eigenvalue weighted by Gasteiger charge is -2.13. The van der Waals surface area contributed by atoms with Gasteiger partial charge in [0.15, 0.2) is 0 Å². The molecule has 19 heavy (non-hydrogen) atoms. The van der Waals surface area contributed by atoms with E-state index in [4.69, 9.17) is 0 Å². The van der Waals surface area contributed by atoms with Crippen LogP contribution >= 0.6 is 0 Å². The Hall–Kier alpha value is -0.820. The Bertz CT molecular complexity index is 294. The van der Waals surface area contributed by atoms with Crippen molar-refractivity contribution in [2.45, 2.75) is 71.3 Å². The van der Waals surface area contributed by atoms with Crippen molar-refractivity contribution in [2.24, 2.45) is 0 Å². The lowest BCUT2D eigenvalue weighted by molar-refractivity contribution is 0.474. The zero-order chi connectivity index (χ0) is 13.8. The molecule has 1 nitrogen and oxygen atoms in total. The molecule has 0 saturated heterocycles. The highest BCUT2D eigenvalue weighted by Gasteiger charge is 2.00. The highest BCUT2D eigenvalue weighted by Crippen LogP contribution is 2.06. The van der Waals surface area contributed by atoms with E-state index >= 15 is 0 Å². The van der Waals surface area contributed by atoms with Crippen LogP contribution in [0.3, 0.4) is 0 Å². The average Bonchev–Trinajstić information content (AvgIpc) is 2.44. The fourth-order valence-electron chi connectivity index (χ4n) is 2.43. The third kappa shape index (κ3) is 8.83. The second-order valence-corrected chi connectivity index (χ2v) is 5.65. The van der Waals surface area contributed by atoms with Gasteiger partial charge in [-0.25, -0.2) is 0 Å². The van der Waals surface area contributed by atoms with Gasteiger partial charge in [-0.3, -0.25) is 0 Å². The third-order valence-electron chi connectivity index (χ3n) is 3.72. The molecular formula is C18H31N. The first kappa shape index (κ1) is 16.2. The van der Waals surface area contributed by atoms with Gasteiger partial charge in [0.2, 0.25) is 0 Å². The molecule has 0 aliphatic rings. The summed E-state index contributed by atoms with van der Waals surface area (Å²) in [5.74, 6) is 0. The minimum atomic E-state index is 0.689. The van der Waals surface area contributed by atoms with Crippen LogP contribution in [0.2, 0.25) is 0 Å². The van der Waals surface area contributed by atoms with E-state index in [-0.39, 0.29) is 0 Å². The molecule has 1 atom stereocenters. The van der Waals surface area contributed by atoms with Crippen molar-refractivity contribution < 1.29 is 0 Å². The maximum Gasteiger partial charge on any atom is 0.00387 e. The molecule has 0 aromatic heterocycles. The number of nitrogens with one attached hydrogen (secondary N) is 1. The van der Waals surface area contributed by atoms with E-state index in [9.17, 15) is 0 Å². The van der Waals surface area contributed by atoms with Crippen LogP contribution in [0.4, 0.5) is 0 Å². The molecule has 0 aliphatic carbocycles.